The minimum atomic E-state index is -4.41. The normalized spacial score (nSPS) is 11.5. The van der Waals surface area contributed by atoms with E-state index in [1.54, 1.807) is 0 Å². The van der Waals surface area contributed by atoms with E-state index in [0.29, 0.717) is 0 Å². The molecule has 1 aromatic heterocycles. The number of hydrogen-bond donors (Lipinski definition) is 1. The molecule has 1 heterocycles. The Morgan fingerprint density at radius 2 is 2.17 bits per heavy atom. The van der Waals surface area contributed by atoms with E-state index in [4.69, 9.17) is 16.2 Å². The highest BCUT2D eigenvalue weighted by atomic mass is 35.5. The van der Waals surface area contributed by atoms with Crippen LogP contribution < -0.4 is 4.73 Å². The van der Waals surface area contributed by atoms with E-state index in [9.17, 15) is 13.6 Å². The lowest BCUT2D eigenvalue weighted by Crippen LogP contribution is -2.28. The van der Waals surface area contributed by atoms with Gasteiger partial charge in [0.25, 0.3) is 0 Å². The average Bonchev–Trinajstić information content (AvgIpc) is 1.92. The van der Waals surface area contributed by atoms with Crippen molar-refractivity contribution in [2.75, 3.05) is 0 Å². The third-order valence-electron chi connectivity index (χ3n) is 1.14. The highest BCUT2D eigenvalue weighted by Gasteiger charge is 2.20. The van der Waals surface area contributed by atoms with Crippen molar-refractivity contribution in [2.45, 2.75) is 4.90 Å². The maximum absolute atomic E-state index is 10.7. The SMILES string of the molecule is O=S(=O)(O)c1ccc[n+]([O-])c1Cl. The van der Waals surface area contributed by atoms with Gasteiger partial charge >= 0.3 is 15.3 Å². The molecule has 0 aliphatic rings. The summed E-state index contributed by atoms with van der Waals surface area (Å²) in [5.74, 6) is 0. The summed E-state index contributed by atoms with van der Waals surface area (Å²) in [5, 5.41) is 10.1. The van der Waals surface area contributed by atoms with Crippen molar-refractivity contribution in [1.82, 2.24) is 0 Å². The van der Waals surface area contributed by atoms with Crippen LogP contribution in [-0.4, -0.2) is 13.0 Å². The van der Waals surface area contributed by atoms with Crippen LogP contribution in [0.1, 0.15) is 0 Å². The first-order valence-electron chi connectivity index (χ1n) is 2.78. The van der Waals surface area contributed by atoms with Crippen LogP contribution in [0, 0.1) is 5.21 Å². The average molecular weight is 210 g/mol. The summed E-state index contributed by atoms with van der Waals surface area (Å²) >= 11 is 5.29. The Kier molecular flexibility index (Phi) is 2.22. The van der Waals surface area contributed by atoms with Gasteiger partial charge in [-0.15, -0.1) is 0 Å². The molecule has 0 fully saturated rings. The van der Waals surface area contributed by atoms with Gasteiger partial charge in [0.2, 0.25) is 0 Å². The second kappa shape index (κ2) is 2.89. The van der Waals surface area contributed by atoms with Gasteiger partial charge in [-0.2, -0.15) is 13.1 Å². The van der Waals surface area contributed by atoms with Gasteiger partial charge in [0.15, 0.2) is 11.1 Å². The van der Waals surface area contributed by atoms with Crippen LogP contribution in [0.25, 0.3) is 0 Å². The second-order valence-corrected chi connectivity index (χ2v) is 3.71. The minimum absolute atomic E-state index is 0.144. The lowest BCUT2D eigenvalue weighted by Gasteiger charge is -2.00. The fourth-order valence-electron chi connectivity index (χ4n) is 0.644. The molecule has 1 rings (SSSR count). The Bertz CT molecular complexity index is 402. The molecule has 12 heavy (non-hydrogen) atoms. The lowest BCUT2D eigenvalue weighted by molar-refractivity contribution is -0.605. The van der Waals surface area contributed by atoms with Crippen molar-refractivity contribution in [3.63, 3.8) is 0 Å². The van der Waals surface area contributed by atoms with E-state index >= 15 is 0 Å². The van der Waals surface area contributed by atoms with Crippen molar-refractivity contribution in [3.8, 4) is 0 Å². The third-order valence-corrected chi connectivity index (χ3v) is 2.51. The molecule has 0 atom stereocenters. The molecule has 0 spiro atoms. The zero-order chi connectivity index (χ0) is 9.35. The van der Waals surface area contributed by atoms with Gasteiger partial charge in [0.05, 0.1) is 0 Å². The molecular formula is C5H4ClNO4S. The van der Waals surface area contributed by atoms with Gasteiger partial charge < -0.3 is 5.21 Å². The van der Waals surface area contributed by atoms with E-state index in [1.807, 2.05) is 0 Å². The van der Waals surface area contributed by atoms with E-state index in [0.717, 1.165) is 12.3 Å². The summed E-state index contributed by atoms with van der Waals surface area (Å²) in [4.78, 5) is -0.596. The molecule has 0 amide bonds. The van der Waals surface area contributed by atoms with Crippen LogP contribution in [-0.2, 0) is 10.1 Å². The standard InChI is InChI=1S/C5H4ClNO4S/c6-5-4(12(9,10)11)2-1-3-7(5)8/h1-3H,(H,9,10,11). The largest absolute Gasteiger partial charge is 0.618 e. The lowest BCUT2D eigenvalue weighted by atomic mass is 10.5. The first kappa shape index (κ1) is 9.24. The molecule has 66 valence electrons. The van der Waals surface area contributed by atoms with E-state index in [2.05, 4.69) is 0 Å². The van der Waals surface area contributed by atoms with Crippen molar-refractivity contribution in [2.24, 2.45) is 0 Å². The Balaban J connectivity index is 3.47. The molecule has 0 saturated carbocycles. The van der Waals surface area contributed by atoms with E-state index in [-0.39, 0.29) is 4.73 Å². The monoisotopic (exact) mass is 209 g/mol. The van der Waals surface area contributed by atoms with Gasteiger partial charge in [-0.3, -0.25) is 4.55 Å². The van der Waals surface area contributed by atoms with Gasteiger partial charge in [0.1, 0.15) is 0 Å². The first-order chi connectivity index (χ1) is 5.43. The van der Waals surface area contributed by atoms with Crippen LogP contribution in [0.15, 0.2) is 23.2 Å². The summed E-state index contributed by atoms with van der Waals surface area (Å²) in [6.45, 7) is 0. The Hall–Kier alpha value is -0.850. The second-order valence-electron chi connectivity index (χ2n) is 1.96. The molecule has 1 aromatic rings. The highest BCUT2D eigenvalue weighted by molar-refractivity contribution is 7.86. The highest BCUT2D eigenvalue weighted by Crippen LogP contribution is 2.15. The van der Waals surface area contributed by atoms with Crippen molar-refractivity contribution in [3.05, 3.63) is 28.7 Å². The zero-order valence-corrected chi connectivity index (χ0v) is 7.21. The van der Waals surface area contributed by atoms with E-state index < -0.39 is 20.2 Å². The zero-order valence-electron chi connectivity index (χ0n) is 5.64. The van der Waals surface area contributed by atoms with Gasteiger partial charge in [-0.1, -0.05) is 0 Å². The smallest absolute Gasteiger partial charge is 0.307 e. The molecule has 0 aromatic carbocycles. The molecule has 0 bridgehead atoms. The van der Waals surface area contributed by atoms with E-state index in [1.165, 1.54) is 6.07 Å². The molecule has 5 nitrogen and oxygen atoms in total. The Morgan fingerprint density at radius 1 is 1.58 bits per heavy atom. The predicted octanol–water partition coefficient (Wildman–Crippen LogP) is 0.220. The number of aromatic nitrogens is 1. The summed E-state index contributed by atoms with van der Waals surface area (Å²) in [6, 6.07) is 2.20. The van der Waals surface area contributed by atoms with Gasteiger partial charge in [-0.05, 0) is 17.7 Å². The van der Waals surface area contributed by atoms with Crippen LogP contribution in [0.4, 0.5) is 0 Å². The molecule has 0 aliphatic heterocycles. The van der Waals surface area contributed by atoms with Crippen LogP contribution in [0.2, 0.25) is 5.15 Å². The maximum atomic E-state index is 10.7. The fraction of sp³-hybridized carbons (Fsp3) is 0. The number of halogens is 1. The van der Waals surface area contributed by atoms with Crippen LogP contribution >= 0.6 is 11.6 Å². The molecule has 0 radical (unpaired) electrons. The molecule has 1 N–H and O–H groups in total. The number of pyridine rings is 1. The first-order valence-corrected chi connectivity index (χ1v) is 4.60. The topological polar surface area (TPSA) is 81.3 Å². The Morgan fingerprint density at radius 3 is 2.58 bits per heavy atom. The minimum Gasteiger partial charge on any atom is -0.618 e. The molecule has 0 aliphatic carbocycles. The summed E-state index contributed by atoms with van der Waals surface area (Å²) in [6.07, 6.45) is 1.02. The van der Waals surface area contributed by atoms with Crippen LogP contribution in [0.5, 0.6) is 0 Å². The summed E-state index contributed by atoms with van der Waals surface area (Å²) < 4.78 is 29.7. The van der Waals surface area contributed by atoms with Crippen molar-refractivity contribution in [1.29, 1.82) is 0 Å². The fourth-order valence-corrected chi connectivity index (χ4v) is 1.61. The summed E-state index contributed by atoms with van der Waals surface area (Å²) in [7, 11) is -4.41. The predicted molar refractivity (Wildman–Crippen MR) is 40.2 cm³/mol. The molecule has 7 heteroatoms. The number of hydrogen-bond acceptors (Lipinski definition) is 3. The maximum Gasteiger partial charge on any atom is 0.307 e. The van der Waals surface area contributed by atoms with Crippen LogP contribution in [0.3, 0.4) is 0 Å². The third kappa shape index (κ3) is 1.66. The number of nitrogens with zero attached hydrogens (tertiary/aromatic N) is 1. The quantitative estimate of drug-likeness (QED) is 0.311. The van der Waals surface area contributed by atoms with Crippen molar-refractivity contribution >= 4 is 21.7 Å². The van der Waals surface area contributed by atoms with Gasteiger partial charge in [-0.25, -0.2) is 0 Å². The molecule has 0 saturated heterocycles. The molecule has 0 unspecified atom stereocenters. The van der Waals surface area contributed by atoms with Crippen molar-refractivity contribution < 1.29 is 17.7 Å². The summed E-state index contributed by atoms with van der Waals surface area (Å²) in [5.41, 5.74) is 0. The van der Waals surface area contributed by atoms with Gasteiger partial charge in [0, 0.05) is 6.07 Å². The Labute approximate surface area is 73.5 Å². The molecular weight excluding hydrogens is 206 g/mol. The number of rotatable bonds is 1.